The zero-order valence-corrected chi connectivity index (χ0v) is 10.8. The van der Waals surface area contributed by atoms with Crippen LogP contribution < -0.4 is 0 Å². The average Bonchev–Trinajstić information content (AvgIpc) is 2.36. The van der Waals surface area contributed by atoms with E-state index in [0.717, 1.165) is 6.07 Å². The van der Waals surface area contributed by atoms with Crippen molar-refractivity contribution in [2.45, 2.75) is 30.1 Å². The molecule has 0 radical (unpaired) electrons. The first-order valence-corrected chi connectivity index (χ1v) is 5.63. The third kappa shape index (κ3) is 2.50. The summed E-state index contributed by atoms with van der Waals surface area (Å²) in [7, 11) is 0. The molecule has 0 fully saturated rings. The molecule has 1 rings (SSSR count). The summed E-state index contributed by atoms with van der Waals surface area (Å²) in [6, 6.07) is 2.40. The van der Waals surface area contributed by atoms with Crippen molar-refractivity contribution in [1.29, 1.82) is 0 Å². The summed E-state index contributed by atoms with van der Waals surface area (Å²) < 4.78 is 129. The van der Waals surface area contributed by atoms with Crippen LogP contribution in [0.1, 0.15) is 5.56 Å². The molecule has 126 valence electrons. The highest BCUT2D eigenvalue weighted by Gasteiger charge is 2.83. The van der Waals surface area contributed by atoms with Gasteiger partial charge in [0.25, 0.3) is 12.1 Å². The van der Waals surface area contributed by atoms with E-state index in [1.165, 1.54) is 0 Å². The molecule has 0 spiro atoms. The minimum atomic E-state index is -7.05. The van der Waals surface area contributed by atoms with Crippen molar-refractivity contribution < 1.29 is 43.9 Å². The first-order valence-electron chi connectivity index (χ1n) is 5.25. The Morgan fingerprint density at radius 2 is 1.23 bits per heavy atom. The van der Waals surface area contributed by atoms with Gasteiger partial charge in [-0.15, -0.1) is 0 Å². The molecule has 1 unspecified atom stereocenters. The molecule has 1 atom stereocenters. The summed E-state index contributed by atoms with van der Waals surface area (Å²) in [5.74, 6) is -13.9. The molecule has 0 saturated carbocycles. The van der Waals surface area contributed by atoms with Crippen LogP contribution in [0.5, 0.6) is 0 Å². The molecule has 11 heteroatoms. The molecule has 0 aromatic heterocycles. The lowest BCUT2D eigenvalue weighted by molar-refractivity contribution is -0.392. The Labute approximate surface area is 121 Å². The van der Waals surface area contributed by atoms with Gasteiger partial charge in [-0.05, 0) is 6.07 Å². The third-order valence-corrected chi connectivity index (χ3v) is 3.10. The van der Waals surface area contributed by atoms with Crippen molar-refractivity contribution in [2.24, 2.45) is 0 Å². The van der Waals surface area contributed by atoms with Crippen molar-refractivity contribution in [2.75, 3.05) is 0 Å². The van der Waals surface area contributed by atoms with Gasteiger partial charge < -0.3 is 0 Å². The molecular formula is C11H5ClF10. The van der Waals surface area contributed by atoms with E-state index in [9.17, 15) is 43.9 Å². The van der Waals surface area contributed by atoms with Gasteiger partial charge in [0.1, 0.15) is 0 Å². The number of hydrogen-bond donors (Lipinski definition) is 0. The Morgan fingerprint density at radius 1 is 0.773 bits per heavy atom. The number of rotatable bonds is 4. The average molecular weight is 363 g/mol. The largest absolute Gasteiger partial charge is 0.460 e. The molecule has 0 aliphatic carbocycles. The summed E-state index contributed by atoms with van der Waals surface area (Å²) in [4.78, 5) is 0. The number of benzene rings is 1. The predicted molar refractivity (Wildman–Crippen MR) is 56.2 cm³/mol. The van der Waals surface area contributed by atoms with E-state index in [0.29, 0.717) is 12.1 Å². The van der Waals surface area contributed by atoms with Gasteiger partial charge in [-0.1, -0.05) is 29.8 Å². The summed E-state index contributed by atoms with van der Waals surface area (Å²) in [5, 5.41) is -1.15. The zero-order chi connectivity index (χ0) is 17.6. The van der Waals surface area contributed by atoms with E-state index < -0.39 is 40.7 Å². The Hall–Kier alpha value is -1.19. The normalized spacial score (nSPS) is 16.7. The van der Waals surface area contributed by atoms with Crippen molar-refractivity contribution in [3.05, 3.63) is 34.9 Å². The number of hydrogen-bond acceptors (Lipinski definition) is 0. The molecule has 0 N–H and O–H groups in total. The number of alkyl halides is 10. The van der Waals surface area contributed by atoms with Crippen LogP contribution in [-0.2, 0) is 5.67 Å². The molecule has 0 aliphatic heterocycles. The van der Waals surface area contributed by atoms with E-state index in [1.54, 1.807) is 0 Å². The van der Waals surface area contributed by atoms with Crippen LogP contribution in [0.2, 0.25) is 5.02 Å². The molecule has 0 saturated heterocycles. The molecule has 0 heterocycles. The maximum atomic E-state index is 14.1. The van der Waals surface area contributed by atoms with Crippen LogP contribution in [0.4, 0.5) is 43.9 Å². The van der Waals surface area contributed by atoms with Crippen LogP contribution >= 0.6 is 11.6 Å². The molecule has 0 bridgehead atoms. The Bertz CT molecular complexity index is 538. The van der Waals surface area contributed by atoms with Crippen LogP contribution in [0.25, 0.3) is 0 Å². The van der Waals surface area contributed by atoms with Gasteiger partial charge in [-0.3, -0.25) is 0 Å². The van der Waals surface area contributed by atoms with Crippen LogP contribution in [0, 0.1) is 0 Å². The molecule has 1 aromatic rings. The second kappa shape index (κ2) is 5.47. The van der Waals surface area contributed by atoms with E-state index in [2.05, 4.69) is 0 Å². The van der Waals surface area contributed by atoms with Gasteiger partial charge in [-0.2, -0.15) is 30.7 Å². The first-order chi connectivity index (χ1) is 9.71. The second-order valence-corrected chi connectivity index (χ2v) is 4.55. The van der Waals surface area contributed by atoms with Gasteiger partial charge in [0.05, 0.1) is 0 Å². The van der Waals surface area contributed by atoms with Crippen molar-refractivity contribution in [1.82, 2.24) is 0 Å². The van der Waals surface area contributed by atoms with Gasteiger partial charge >= 0.3 is 18.0 Å². The smallest absolute Gasteiger partial charge is 0.225 e. The van der Waals surface area contributed by atoms with Crippen LogP contribution in [0.3, 0.4) is 0 Å². The SMILES string of the molecule is FC(F)C(F)(c1ccccc1Cl)C(F)(F)C(F)(F)C(F)(F)F. The highest BCUT2D eigenvalue weighted by atomic mass is 35.5. The summed E-state index contributed by atoms with van der Waals surface area (Å²) >= 11 is 5.19. The van der Waals surface area contributed by atoms with Crippen molar-refractivity contribution in [3.8, 4) is 0 Å². The standard InChI is InChI=1S/C11H5ClF10/c12-6-4-2-1-3-5(6)8(15,7(13)14)9(16,17)10(18,19)11(20,21)22/h1-4,7H. The van der Waals surface area contributed by atoms with Crippen LogP contribution in [-0.4, -0.2) is 24.4 Å². The topological polar surface area (TPSA) is 0 Å². The maximum Gasteiger partial charge on any atom is 0.460 e. The van der Waals surface area contributed by atoms with E-state index in [1.807, 2.05) is 0 Å². The summed E-state index contributed by atoms with van der Waals surface area (Å²) in [6.07, 6.45) is -11.9. The summed E-state index contributed by atoms with van der Waals surface area (Å²) in [6.45, 7) is 0. The molecule has 0 nitrogen and oxygen atoms in total. The van der Waals surface area contributed by atoms with E-state index >= 15 is 0 Å². The predicted octanol–water partition coefficient (Wildman–Crippen LogP) is 5.60. The fraction of sp³-hybridized carbons (Fsp3) is 0.455. The maximum absolute atomic E-state index is 14.1. The van der Waals surface area contributed by atoms with Crippen molar-refractivity contribution in [3.63, 3.8) is 0 Å². The fourth-order valence-corrected chi connectivity index (χ4v) is 1.86. The molecule has 1 aromatic carbocycles. The van der Waals surface area contributed by atoms with E-state index in [-0.39, 0.29) is 6.07 Å². The number of halogens is 11. The molecule has 0 aliphatic rings. The monoisotopic (exact) mass is 362 g/mol. The zero-order valence-electron chi connectivity index (χ0n) is 10.0. The lowest BCUT2D eigenvalue weighted by atomic mass is 9.85. The molecular weight excluding hydrogens is 358 g/mol. The van der Waals surface area contributed by atoms with E-state index in [4.69, 9.17) is 11.6 Å². The third-order valence-electron chi connectivity index (χ3n) is 2.77. The minimum Gasteiger partial charge on any atom is -0.225 e. The van der Waals surface area contributed by atoms with Gasteiger partial charge in [-0.25, -0.2) is 13.2 Å². The lowest BCUT2D eigenvalue weighted by Gasteiger charge is -2.38. The van der Waals surface area contributed by atoms with Gasteiger partial charge in [0.2, 0.25) is 0 Å². The summed E-state index contributed by atoms with van der Waals surface area (Å²) in [5.41, 5.74) is -7.52. The van der Waals surface area contributed by atoms with Gasteiger partial charge in [0.15, 0.2) is 0 Å². The Kier molecular flexibility index (Phi) is 4.69. The Balaban J connectivity index is 3.66. The quantitative estimate of drug-likeness (QED) is 0.611. The van der Waals surface area contributed by atoms with Crippen molar-refractivity contribution >= 4 is 11.6 Å². The highest BCUT2D eigenvalue weighted by Crippen LogP contribution is 2.58. The van der Waals surface area contributed by atoms with Crippen LogP contribution in [0.15, 0.2) is 24.3 Å². The molecule has 0 amide bonds. The Morgan fingerprint density at radius 3 is 1.59 bits per heavy atom. The minimum absolute atomic E-state index is 0.175. The lowest BCUT2D eigenvalue weighted by Crippen LogP contribution is -2.63. The van der Waals surface area contributed by atoms with Gasteiger partial charge in [0, 0.05) is 10.6 Å². The second-order valence-electron chi connectivity index (χ2n) is 4.14. The fourth-order valence-electron chi connectivity index (χ4n) is 1.59. The first kappa shape index (κ1) is 18.9. The molecule has 22 heavy (non-hydrogen) atoms. The highest BCUT2D eigenvalue weighted by molar-refractivity contribution is 6.31.